The third-order valence-corrected chi connectivity index (χ3v) is 5.24. The second-order valence-electron chi connectivity index (χ2n) is 7.25. The van der Waals surface area contributed by atoms with Gasteiger partial charge in [-0.1, -0.05) is 36.4 Å². The number of halogens is 1. The highest BCUT2D eigenvalue weighted by atomic mass is 127. The number of aliphatic imine (C=N–C) groups is 1. The van der Waals surface area contributed by atoms with Gasteiger partial charge in [-0.3, -0.25) is 4.90 Å². The molecule has 2 aromatic carbocycles. The normalized spacial score (nSPS) is 15.3. The molecule has 0 aromatic heterocycles. The van der Waals surface area contributed by atoms with Crippen LogP contribution in [-0.2, 0) is 6.54 Å². The summed E-state index contributed by atoms with van der Waals surface area (Å²) in [5.41, 5.74) is 2.26. The van der Waals surface area contributed by atoms with E-state index in [0.717, 1.165) is 37.7 Å². The van der Waals surface area contributed by atoms with Crippen molar-refractivity contribution < 1.29 is 9.84 Å². The number of aromatic hydroxyl groups is 1. The minimum absolute atomic E-state index is 0. The van der Waals surface area contributed by atoms with Gasteiger partial charge in [-0.25, -0.2) is 4.99 Å². The fourth-order valence-corrected chi connectivity index (χ4v) is 3.73. The van der Waals surface area contributed by atoms with Crippen molar-refractivity contribution in [2.75, 3.05) is 33.3 Å². The lowest BCUT2D eigenvalue weighted by Gasteiger charge is -2.29. The van der Waals surface area contributed by atoms with E-state index >= 15 is 0 Å². The maximum Gasteiger partial charge on any atom is 0.191 e. The molecule has 0 radical (unpaired) electrons. The third kappa shape index (κ3) is 6.77. The van der Waals surface area contributed by atoms with E-state index in [4.69, 9.17) is 9.73 Å². The molecule has 7 heteroatoms. The van der Waals surface area contributed by atoms with Gasteiger partial charge in [0.25, 0.3) is 0 Å². The van der Waals surface area contributed by atoms with Crippen molar-refractivity contribution in [2.45, 2.75) is 32.4 Å². The topological polar surface area (TPSA) is 69.1 Å². The molecule has 6 nitrogen and oxygen atoms in total. The Labute approximate surface area is 196 Å². The highest BCUT2D eigenvalue weighted by molar-refractivity contribution is 14.0. The monoisotopic (exact) mass is 524 g/mol. The molecule has 3 N–H and O–H groups in total. The maximum atomic E-state index is 9.97. The van der Waals surface area contributed by atoms with Gasteiger partial charge in [-0.15, -0.1) is 24.0 Å². The fourth-order valence-electron chi connectivity index (χ4n) is 3.73. The van der Waals surface area contributed by atoms with Crippen LogP contribution in [0.2, 0.25) is 0 Å². The Hall–Kier alpha value is -2.00. The number of hydrogen-bond acceptors (Lipinski definition) is 4. The summed E-state index contributed by atoms with van der Waals surface area (Å²) in [6, 6.07) is 16.4. The minimum Gasteiger partial charge on any atom is -0.504 e. The Morgan fingerprint density at radius 1 is 1.13 bits per heavy atom. The predicted molar refractivity (Wildman–Crippen MR) is 133 cm³/mol. The first-order valence-corrected chi connectivity index (χ1v) is 10.4. The lowest BCUT2D eigenvalue weighted by atomic mass is 10.1. The fraction of sp³-hybridized carbons (Fsp3) is 0.435. The number of methoxy groups -OCH3 is 1. The zero-order chi connectivity index (χ0) is 20.5. The third-order valence-electron chi connectivity index (χ3n) is 5.24. The standard InChI is InChI=1S/C23H32N4O2.HI/c1-3-24-23(25-16-18-11-12-22(29-2)21(28)15-18)26-17-20(27-13-7-8-14-27)19-9-5-4-6-10-19;/h4-6,9-12,15,20,28H,3,7-8,13-14,16-17H2,1-2H3,(H2,24,25,26);1H. The van der Waals surface area contributed by atoms with E-state index in [2.05, 4.69) is 52.8 Å². The Morgan fingerprint density at radius 2 is 1.87 bits per heavy atom. The molecule has 1 saturated heterocycles. The predicted octanol–water partition coefficient (Wildman–Crippen LogP) is 3.91. The van der Waals surface area contributed by atoms with Crippen molar-refractivity contribution in [3.63, 3.8) is 0 Å². The van der Waals surface area contributed by atoms with Gasteiger partial charge >= 0.3 is 0 Å². The Balaban J connectivity index is 0.00000320. The van der Waals surface area contributed by atoms with Crippen LogP contribution in [0.5, 0.6) is 11.5 Å². The first kappa shape index (κ1) is 24.3. The van der Waals surface area contributed by atoms with Crippen LogP contribution in [0.1, 0.15) is 36.9 Å². The number of phenols is 1. The second-order valence-corrected chi connectivity index (χ2v) is 7.25. The maximum absolute atomic E-state index is 9.97. The van der Waals surface area contributed by atoms with E-state index in [9.17, 15) is 5.11 Å². The minimum atomic E-state index is 0. The molecule has 2 aromatic rings. The van der Waals surface area contributed by atoms with Crippen LogP contribution in [0, 0.1) is 0 Å². The average Bonchev–Trinajstić information content (AvgIpc) is 3.27. The summed E-state index contributed by atoms with van der Waals surface area (Å²) in [7, 11) is 1.55. The molecule has 0 bridgehead atoms. The molecule has 0 amide bonds. The molecule has 30 heavy (non-hydrogen) atoms. The molecule has 3 rings (SSSR count). The molecular weight excluding hydrogens is 491 g/mol. The number of guanidine groups is 1. The van der Waals surface area contributed by atoms with Crippen molar-refractivity contribution in [1.82, 2.24) is 15.5 Å². The van der Waals surface area contributed by atoms with E-state index in [1.54, 1.807) is 19.2 Å². The molecule has 1 aliphatic rings. The molecule has 1 unspecified atom stereocenters. The zero-order valence-corrected chi connectivity index (χ0v) is 20.1. The average molecular weight is 524 g/mol. The number of phenolic OH excluding ortho intramolecular Hbond substituents is 1. The molecular formula is C23H33IN4O2. The lowest BCUT2D eigenvalue weighted by molar-refractivity contribution is 0.245. The molecule has 0 spiro atoms. The van der Waals surface area contributed by atoms with Gasteiger partial charge in [0.15, 0.2) is 17.5 Å². The van der Waals surface area contributed by atoms with Crippen LogP contribution in [0.4, 0.5) is 0 Å². The van der Waals surface area contributed by atoms with Gasteiger partial charge in [0.05, 0.1) is 19.7 Å². The highest BCUT2D eigenvalue weighted by Gasteiger charge is 2.23. The van der Waals surface area contributed by atoms with Crippen LogP contribution in [0.15, 0.2) is 53.5 Å². The molecule has 1 heterocycles. The lowest BCUT2D eigenvalue weighted by Crippen LogP contribution is -2.42. The molecule has 164 valence electrons. The van der Waals surface area contributed by atoms with Gasteiger partial charge in [-0.05, 0) is 56.1 Å². The SMILES string of the molecule is CCNC(=NCc1ccc(OC)c(O)c1)NCC(c1ccccc1)N1CCCC1.I. The number of rotatable bonds is 8. The Kier molecular flexibility index (Phi) is 10.2. The summed E-state index contributed by atoms with van der Waals surface area (Å²) in [4.78, 5) is 7.25. The molecule has 0 aliphatic carbocycles. The van der Waals surface area contributed by atoms with Crippen molar-refractivity contribution >= 4 is 29.9 Å². The van der Waals surface area contributed by atoms with Crippen molar-refractivity contribution in [1.29, 1.82) is 0 Å². The summed E-state index contributed by atoms with van der Waals surface area (Å²) in [6.45, 7) is 6.40. The number of nitrogens with zero attached hydrogens (tertiary/aromatic N) is 2. The first-order valence-electron chi connectivity index (χ1n) is 10.4. The second kappa shape index (κ2) is 12.6. The van der Waals surface area contributed by atoms with Crippen molar-refractivity contribution in [3.05, 3.63) is 59.7 Å². The van der Waals surface area contributed by atoms with Gasteiger partial charge in [-0.2, -0.15) is 0 Å². The summed E-state index contributed by atoms with van der Waals surface area (Å²) in [5.74, 6) is 1.39. The van der Waals surface area contributed by atoms with Crippen molar-refractivity contribution in [2.24, 2.45) is 4.99 Å². The van der Waals surface area contributed by atoms with Gasteiger partial charge in [0.2, 0.25) is 0 Å². The molecule has 1 fully saturated rings. The van der Waals surface area contributed by atoms with Crippen molar-refractivity contribution in [3.8, 4) is 11.5 Å². The number of hydrogen-bond donors (Lipinski definition) is 3. The Morgan fingerprint density at radius 3 is 2.50 bits per heavy atom. The number of benzene rings is 2. The largest absolute Gasteiger partial charge is 0.504 e. The van der Waals surface area contributed by atoms with Crippen LogP contribution in [0.25, 0.3) is 0 Å². The number of nitrogens with one attached hydrogen (secondary N) is 2. The zero-order valence-electron chi connectivity index (χ0n) is 17.8. The number of ether oxygens (including phenoxy) is 1. The summed E-state index contributed by atoms with van der Waals surface area (Å²) in [6.07, 6.45) is 2.52. The van der Waals surface area contributed by atoms with Gasteiger partial charge in [0.1, 0.15) is 0 Å². The van der Waals surface area contributed by atoms with E-state index in [0.29, 0.717) is 18.3 Å². The van der Waals surface area contributed by atoms with Crippen LogP contribution in [0.3, 0.4) is 0 Å². The summed E-state index contributed by atoms with van der Waals surface area (Å²) < 4.78 is 5.10. The highest BCUT2D eigenvalue weighted by Crippen LogP contribution is 2.26. The van der Waals surface area contributed by atoms with E-state index < -0.39 is 0 Å². The van der Waals surface area contributed by atoms with E-state index in [-0.39, 0.29) is 29.7 Å². The van der Waals surface area contributed by atoms with Crippen LogP contribution in [-0.4, -0.2) is 49.3 Å². The molecule has 1 atom stereocenters. The quantitative estimate of drug-likeness (QED) is 0.278. The summed E-state index contributed by atoms with van der Waals surface area (Å²) in [5, 5.41) is 16.8. The number of likely N-dealkylation sites (tertiary alicyclic amines) is 1. The summed E-state index contributed by atoms with van der Waals surface area (Å²) >= 11 is 0. The smallest absolute Gasteiger partial charge is 0.191 e. The van der Waals surface area contributed by atoms with Gasteiger partial charge in [0, 0.05) is 13.1 Å². The molecule has 1 aliphatic heterocycles. The van der Waals surface area contributed by atoms with E-state index in [1.807, 2.05) is 6.07 Å². The first-order chi connectivity index (χ1) is 14.2. The molecule has 0 saturated carbocycles. The van der Waals surface area contributed by atoms with Crippen LogP contribution < -0.4 is 15.4 Å². The van der Waals surface area contributed by atoms with Crippen LogP contribution >= 0.6 is 24.0 Å². The van der Waals surface area contributed by atoms with E-state index in [1.165, 1.54) is 18.4 Å². The van der Waals surface area contributed by atoms with Gasteiger partial charge < -0.3 is 20.5 Å². The Bertz CT molecular complexity index is 795.